The zero-order valence-electron chi connectivity index (χ0n) is 11.3. The molecule has 110 valence electrons. The molecular weight excluding hydrogens is 274 g/mol. The molecule has 0 aliphatic rings. The number of rotatable bonds is 6. The lowest BCUT2D eigenvalue weighted by atomic mass is 10.2. The summed E-state index contributed by atoms with van der Waals surface area (Å²) in [5.74, 6) is -1.37. The molecule has 0 fully saturated rings. The molecule has 0 aliphatic heterocycles. The van der Waals surface area contributed by atoms with Gasteiger partial charge in [0.15, 0.2) is 0 Å². The Labute approximate surface area is 121 Å². The number of carbonyl (C=O) groups is 3. The zero-order valence-corrected chi connectivity index (χ0v) is 11.3. The maximum absolute atomic E-state index is 11.5. The highest BCUT2D eigenvalue weighted by molar-refractivity contribution is 6.01. The van der Waals surface area contributed by atoms with Crippen LogP contribution in [0.15, 0.2) is 24.3 Å². The lowest BCUT2D eigenvalue weighted by Crippen LogP contribution is -2.34. The number of carboxylic acid groups (broad SMARTS) is 1. The van der Waals surface area contributed by atoms with Gasteiger partial charge in [-0.2, -0.15) is 5.26 Å². The van der Waals surface area contributed by atoms with E-state index < -0.39 is 17.9 Å². The molecule has 0 saturated carbocycles. The van der Waals surface area contributed by atoms with Crippen molar-refractivity contribution >= 4 is 23.6 Å². The van der Waals surface area contributed by atoms with Crippen LogP contribution in [0.2, 0.25) is 0 Å². The molecule has 0 heterocycles. The summed E-state index contributed by atoms with van der Waals surface area (Å²) in [5, 5.41) is 21.7. The first kappa shape index (κ1) is 16.2. The molecule has 0 atom stereocenters. The Balaban J connectivity index is 2.30. The van der Waals surface area contributed by atoms with E-state index in [0.29, 0.717) is 24.1 Å². The van der Waals surface area contributed by atoms with Crippen LogP contribution in [-0.2, 0) is 9.59 Å². The maximum atomic E-state index is 11.5. The predicted molar refractivity (Wildman–Crippen MR) is 74.4 cm³/mol. The van der Waals surface area contributed by atoms with Crippen molar-refractivity contribution < 1.29 is 19.5 Å². The highest BCUT2D eigenvalue weighted by Gasteiger charge is 2.08. The number of unbranched alkanes of at least 4 members (excludes halogenated alkanes) is 1. The number of nitrogens with one attached hydrogen (secondary N) is 2. The molecule has 1 rings (SSSR count). The van der Waals surface area contributed by atoms with Gasteiger partial charge in [0.1, 0.15) is 0 Å². The second kappa shape index (κ2) is 8.32. The van der Waals surface area contributed by atoms with E-state index in [2.05, 4.69) is 10.6 Å². The van der Waals surface area contributed by atoms with Crippen LogP contribution >= 0.6 is 0 Å². The summed E-state index contributed by atoms with van der Waals surface area (Å²) >= 11 is 0. The molecule has 0 aliphatic carbocycles. The number of hydrogen-bond acceptors (Lipinski definition) is 4. The van der Waals surface area contributed by atoms with Crippen molar-refractivity contribution in [3.8, 4) is 6.07 Å². The second-order valence-electron chi connectivity index (χ2n) is 4.29. The van der Waals surface area contributed by atoms with Crippen LogP contribution in [0, 0.1) is 11.3 Å². The average Bonchev–Trinajstić information content (AvgIpc) is 2.44. The number of carboxylic acids is 1. The Morgan fingerprint density at radius 1 is 1.10 bits per heavy atom. The number of anilines is 1. The predicted octanol–water partition coefficient (Wildman–Crippen LogP) is 1.85. The van der Waals surface area contributed by atoms with Crippen molar-refractivity contribution in [3.05, 3.63) is 29.8 Å². The summed E-state index contributed by atoms with van der Waals surface area (Å²) in [7, 11) is 0. The molecule has 0 bridgehead atoms. The minimum absolute atomic E-state index is 0.00468. The van der Waals surface area contributed by atoms with Gasteiger partial charge >= 0.3 is 12.0 Å². The van der Waals surface area contributed by atoms with Gasteiger partial charge < -0.3 is 10.4 Å². The summed E-state index contributed by atoms with van der Waals surface area (Å²) in [6.45, 7) is 0. The van der Waals surface area contributed by atoms with E-state index in [0.717, 1.165) is 0 Å². The van der Waals surface area contributed by atoms with E-state index >= 15 is 0 Å². The van der Waals surface area contributed by atoms with Crippen LogP contribution in [0.5, 0.6) is 0 Å². The highest BCUT2D eigenvalue weighted by Crippen LogP contribution is 2.08. The number of carbonyl (C=O) groups excluding carboxylic acids is 2. The summed E-state index contributed by atoms with van der Waals surface area (Å²) in [5.41, 5.74) is 0.931. The fraction of sp³-hybridized carbons (Fsp3) is 0.286. The Kier molecular flexibility index (Phi) is 6.41. The monoisotopic (exact) mass is 289 g/mol. The molecule has 1 aromatic carbocycles. The van der Waals surface area contributed by atoms with Crippen molar-refractivity contribution in [2.45, 2.75) is 25.7 Å². The first-order chi connectivity index (χ1) is 10.0. The SMILES string of the molecule is N#Cc1ccc(NC(=O)NC(=O)CCCCC(=O)O)cc1. The van der Waals surface area contributed by atoms with Crippen LogP contribution < -0.4 is 10.6 Å². The van der Waals surface area contributed by atoms with Crippen LogP contribution in [0.1, 0.15) is 31.2 Å². The van der Waals surface area contributed by atoms with Gasteiger partial charge in [-0.1, -0.05) is 0 Å². The van der Waals surface area contributed by atoms with E-state index in [1.54, 1.807) is 24.3 Å². The Morgan fingerprint density at radius 3 is 2.29 bits per heavy atom. The Bertz CT molecular complexity index is 561. The van der Waals surface area contributed by atoms with Crippen molar-refractivity contribution in [2.24, 2.45) is 0 Å². The molecule has 1 aromatic rings. The number of nitriles is 1. The number of hydrogen-bond donors (Lipinski definition) is 3. The summed E-state index contributed by atoms with van der Waals surface area (Å²) in [6, 6.07) is 7.48. The van der Waals surface area contributed by atoms with Crippen LogP contribution in [0.25, 0.3) is 0 Å². The summed E-state index contributed by atoms with van der Waals surface area (Å²) in [6.07, 6.45) is 0.890. The van der Waals surface area contributed by atoms with Crippen molar-refractivity contribution in [3.63, 3.8) is 0 Å². The van der Waals surface area contributed by atoms with E-state index in [9.17, 15) is 14.4 Å². The van der Waals surface area contributed by atoms with Gasteiger partial charge in [-0.05, 0) is 37.1 Å². The zero-order chi connectivity index (χ0) is 15.7. The first-order valence-corrected chi connectivity index (χ1v) is 6.34. The number of imide groups is 1. The topological polar surface area (TPSA) is 119 Å². The second-order valence-corrected chi connectivity index (χ2v) is 4.29. The van der Waals surface area contributed by atoms with Crippen molar-refractivity contribution in [1.82, 2.24) is 5.32 Å². The molecule has 7 heteroatoms. The number of urea groups is 1. The van der Waals surface area contributed by atoms with Gasteiger partial charge in [-0.3, -0.25) is 14.9 Å². The van der Waals surface area contributed by atoms with Gasteiger partial charge in [-0.25, -0.2) is 4.79 Å². The van der Waals surface area contributed by atoms with E-state index in [1.807, 2.05) is 6.07 Å². The fourth-order valence-corrected chi connectivity index (χ4v) is 1.54. The first-order valence-electron chi connectivity index (χ1n) is 6.34. The molecule has 0 saturated heterocycles. The molecule has 0 aromatic heterocycles. The smallest absolute Gasteiger partial charge is 0.325 e. The largest absolute Gasteiger partial charge is 0.481 e. The van der Waals surface area contributed by atoms with Crippen LogP contribution in [0.3, 0.4) is 0 Å². The Hall–Kier alpha value is -2.88. The highest BCUT2D eigenvalue weighted by atomic mass is 16.4. The summed E-state index contributed by atoms with van der Waals surface area (Å²) in [4.78, 5) is 33.2. The van der Waals surface area contributed by atoms with E-state index in [1.165, 1.54) is 0 Å². The van der Waals surface area contributed by atoms with Crippen LogP contribution in [-0.4, -0.2) is 23.0 Å². The number of aliphatic carboxylic acids is 1. The third-order valence-electron chi connectivity index (χ3n) is 2.57. The van der Waals surface area contributed by atoms with Crippen LogP contribution in [0.4, 0.5) is 10.5 Å². The molecule has 3 N–H and O–H groups in total. The molecular formula is C14H15N3O4. The van der Waals surface area contributed by atoms with Gasteiger partial charge in [0, 0.05) is 18.5 Å². The third kappa shape index (κ3) is 6.73. The van der Waals surface area contributed by atoms with Crippen molar-refractivity contribution in [1.29, 1.82) is 5.26 Å². The van der Waals surface area contributed by atoms with Gasteiger partial charge in [0.2, 0.25) is 5.91 Å². The minimum Gasteiger partial charge on any atom is -0.481 e. The summed E-state index contributed by atoms with van der Waals surface area (Å²) < 4.78 is 0. The number of benzene rings is 1. The molecule has 7 nitrogen and oxygen atoms in total. The van der Waals surface area contributed by atoms with Crippen molar-refractivity contribution in [2.75, 3.05) is 5.32 Å². The van der Waals surface area contributed by atoms with E-state index in [-0.39, 0.29) is 12.8 Å². The third-order valence-corrected chi connectivity index (χ3v) is 2.57. The molecule has 0 spiro atoms. The van der Waals surface area contributed by atoms with Gasteiger partial charge in [0.05, 0.1) is 11.6 Å². The van der Waals surface area contributed by atoms with Gasteiger partial charge in [-0.15, -0.1) is 0 Å². The molecule has 3 amide bonds. The lowest BCUT2D eigenvalue weighted by Gasteiger charge is -2.06. The number of nitrogens with zero attached hydrogens (tertiary/aromatic N) is 1. The average molecular weight is 289 g/mol. The quantitative estimate of drug-likeness (QED) is 0.690. The fourth-order valence-electron chi connectivity index (χ4n) is 1.54. The standard InChI is InChI=1S/C14H15N3O4/c15-9-10-5-7-11(8-6-10)16-14(21)17-12(18)3-1-2-4-13(19)20/h5-8H,1-4H2,(H,19,20)(H2,16,17,18,21). The lowest BCUT2D eigenvalue weighted by molar-refractivity contribution is -0.137. The number of amides is 3. The Morgan fingerprint density at radius 2 is 1.71 bits per heavy atom. The van der Waals surface area contributed by atoms with E-state index in [4.69, 9.17) is 10.4 Å². The minimum atomic E-state index is -0.908. The molecule has 21 heavy (non-hydrogen) atoms. The normalized spacial score (nSPS) is 9.48. The van der Waals surface area contributed by atoms with Gasteiger partial charge in [0.25, 0.3) is 0 Å². The molecule has 0 radical (unpaired) electrons. The maximum Gasteiger partial charge on any atom is 0.325 e. The molecule has 0 unspecified atom stereocenters.